The van der Waals surface area contributed by atoms with Crippen LogP contribution in [-0.4, -0.2) is 21.7 Å². The second-order valence-electron chi connectivity index (χ2n) is 3.79. The van der Waals surface area contributed by atoms with E-state index in [0.717, 1.165) is 5.56 Å². The Morgan fingerprint density at radius 1 is 1.06 bits per heavy atom. The minimum absolute atomic E-state index is 0.00961. The molecule has 1 aromatic heterocycles. The number of ketones is 2. The molecule has 0 saturated carbocycles. The lowest BCUT2D eigenvalue weighted by Crippen LogP contribution is -2.18. The zero-order valence-corrected chi connectivity index (χ0v) is 9.54. The molecule has 1 N–H and O–H groups in total. The molecule has 0 radical (unpaired) electrons. The van der Waals surface area contributed by atoms with Crippen molar-refractivity contribution in [2.45, 2.75) is 6.42 Å². The number of rotatable bonds is 4. The maximum atomic E-state index is 11.8. The van der Waals surface area contributed by atoms with Gasteiger partial charge in [0.25, 0.3) is 5.78 Å². The molecule has 2 rings (SSSR count). The molecule has 0 aliphatic carbocycles. The third-order valence-corrected chi connectivity index (χ3v) is 2.46. The molecule has 0 fully saturated rings. The van der Waals surface area contributed by atoms with Gasteiger partial charge in [-0.2, -0.15) is 0 Å². The zero-order valence-electron chi connectivity index (χ0n) is 9.54. The van der Waals surface area contributed by atoms with Crippen LogP contribution in [0.5, 0.6) is 5.75 Å². The van der Waals surface area contributed by atoms with Gasteiger partial charge >= 0.3 is 0 Å². The molecule has 0 bridgehead atoms. The number of hydrogen-bond acceptors (Lipinski definition) is 4. The van der Waals surface area contributed by atoms with E-state index in [-0.39, 0.29) is 17.9 Å². The highest BCUT2D eigenvalue weighted by Crippen LogP contribution is 2.14. The molecule has 0 amide bonds. The highest BCUT2D eigenvalue weighted by Gasteiger charge is 2.20. The first-order valence-corrected chi connectivity index (χ1v) is 5.44. The van der Waals surface area contributed by atoms with Gasteiger partial charge in [-0.05, 0) is 17.7 Å². The Balaban J connectivity index is 2.16. The van der Waals surface area contributed by atoms with E-state index in [2.05, 4.69) is 4.98 Å². The minimum atomic E-state index is -0.767. The number of benzene rings is 1. The Kier molecular flexibility index (Phi) is 3.48. The highest BCUT2D eigenvalue weighted by molar-refractivity contribution is 6.44. The number of carbonyl (C=O) groups excluding carboxylic acids is 2. The van der Waals surface area contributed by atoms with Crippen LogP contribution in [0.3, 0.4) is 0 Å². The van der Waals surface area contributed by atoms with Crippen molar-refractivity contribution in [2.75, 3.05) is 0 Å². The molecular formula is C14H11NO3. The lowest BCUT2D eigenvalue weighted by Gasteiger charge is -2.02. The van der Waals surface area contributed by atoms with Crippen LogP contribution < -0.4 is 0 Å². The maximum absolute atomic E-state index is 11.8. The van der Waals surface area contributed by atoms with Crippen molar-refractivity contribution >= 4 is 11.6 Å². The summed E-state index contributed by atoms with van der Waals surface area (Å²) in [7, 11) is 0. The van der Waals surface area contributed by atoms with Crippen LogP contribution in [0.2, 0.25) is 0 Å². The number of hydrogen-bond donors (Lipinski definition) is 1. The van der Waals surface area contributed by atoms with Crippen LogP contribution in [0, 0.1) is 0 Å². The molecule has 2 aromatic rings. The third kappa shape index (κ3) is 2.60. The number of aromatic nitrogens is 1. The monoisotopic (exact) mass is 241 g/mol. The van der Waals surface area contributed by atoms with Crippen LogP contribution in [0.25, 0.3) is 0 Å². The number of pyridine rings is 1. The minimum Gasteiger partial charge on any atom is -0.506 e. The van der Waals surface area contributed by atoms with E-state index >= 15 is 0 Å². The first kappa shape index (κ1) is 12.0. The Morgan fingerprint density at radius 2 is 1.78 bits per heavy atom. The molecule has 18 heavy (non-hydrogen) atoms. The number of aromatic hydroxyl groups is 1. The summed E-state index contributed by atoms with van der Waals surface area (Å²) in [4.78, 5) is 27.3. The van der Waals surface area contributed by atoms with Gasteiger partial charge in [-0.1, -0.05) is 30.3 Å². The third-order valence-electron chi connectivity index (χ3n) is 2.46. The van der Waals surface area contributed by atoms with Crippen molar-refractivity contribution in [3.63, 3.8) is 0 Å². The van der Waals surface area contributed by atoms with Crippen LogP contribution in [-0.2, 0) is 11.2 Å². The van der Waals surface area contributed by atoms with E-state index in [1.54, 1.807) is 24.3 Å². The summed E-state index contributed by atoms with van der Waals surface area (Å²) in [5, 5.41) is 9.46. The van der Waals surface area contributed by atoms with Gasteiger partial charge in [0.1, 0.15) is 5.75 Å². The van der Waals surface area contributed by atoms with Crippen molar-refractivity contribution in [3.05, 3.63) is 59.9 Å². The molecule has 0 aliphatic heterocycles. The summed E-state index contributed by atoms with van der Waals surface area (Å²) in [6.45, 7) is 0. The summed E-state index contributed by atoms with van der Waals surface area (Å²) in [6.07, 6.45) is 1.37. The van der Waals surface area contributed by atoms with Crippen molar-refractivity contribution < 1.29 is 14.7 Å². The van der Waals surface area contributed by atoms with Crippen LogP contribution in [0.15, 0.2) is 48.7 Å². The van der Waals surface area contributed by atoms with E-state index in [9.17, 15) is 14.7 Å². The van der Waals surface area contributed by atoms with E-state index in [4.69, 9.17) is 0 Å². The van der Waals surface area contributed by atoms with E-state index in [0.29, 0.717) is 0 Å². The molecule has 0 unspecified atom stereocenters. The molecule has 4 nitrogen and oxygen atoms in total. The van der Waals surface area contributed by atoms with Gasteiger partial charge in [-0.25, -0.2) is 4.98 Å². The lowest BCUT2D eigenvalue weighted by atomic mass is 10.0. The summed E-state index contributed by atoms with van der Waals surface area (Å²) < 4.78 is 0. The van der Waals surface area contributed by atoms with Gasteiger partial charge in [-0.15, -0.1) is 0 Å². The zero-order chi connectivity index (χ0) is 13.0. The molecule has 0 atom stereocenters. The van der Waals surface area contributed by atoms with Crippen LogP contribution in [0.1, 0.15) is 16.1 Å². The van der Waals surface area contributed by atoms with Crippen molar-refractivity contribution in [1.82, 2.24) is 4.98 Å². The molecule has 0 spiro atoms. The summed E-state index contributed by atoms with van der Waals surface area (Å²) in [5.41, 5.74) is 0.560. The molecule has 1 aromatic carbocycles. The molecular weight excluding hydrogens is 230 g/mol. The normalized spacial score (nSPS) is 10.0. The molecule has 0 saturated heterocycles. The Bertz CT molecular complexity index is 579. The van der Waals surface area contributed by atoms with Gasteiger partial charge in [0, 0.05) is 12.6 Å². The molecule has 1 heterocycles. The fourth-order valence-electron chi connectivity index (χ4n) is 1.57. The average Bonchev–Trinajstić information content (AvgIpc) is 2.39. The first-order chi connectivity index (χ1) is 8.68. The van der Waals surface area contributed by atoms with Crippen molar-refractivity contribution in [1.29, 1.82) is 0 Å². The van der Waals surface area contributed by atoms with E-state index < -0.39 is 11.6 Å². The fraction of sp³-hybridized carbons (Fsp3) is 0.0714. The summed E-state index contributed by atoms with van der Waals surface area (Å²) >= 11 is 0. The largest absolute Gasteiger partial charge is 0.506 e. The smallest absolute Gasteiger partial charge is 0.251 e. The Morgan fingerprint density at radius 3 is 2.44 bits per heavy atom. The van der Waals surface area contributed by atoms with Crippen LogP contribution >= 0.6 is 0 Å². The molecule has 0 aliphatic rings. The standard InChI is InChI=1S/C14H11NO3/c16-11-7-4-8-15-13(11)14(18)12(17)9-10-5-2-1-3-6-10/h1-8,16H,9H2. The fourth-order valence-corrected chi connectivity index (χ4v) is 1.57. The Hall–Kier alpha value is -2.49. The predicted octanol–water partition coefficient (Wildman–Crippen LogP) is 1.78. The first-order valence-electron chi connectivity index (χ1n) is 5.44. The second-order valence-corrected chi connectivity index (χ2v) is 3.79. The van der Waals surface area contributed by atoms with Gasteiger partial charge in [0.15, 0.2) is 5.69 Å². The Labute approximate surface area is 104 Å². The van der Waals surface area contributed by atoms with Crippen molar-refractivity contribution in [3.8, 4) is 5.75 Å². The lowest BCUT2D eigenvalue weighted by molar-refractivity contribution is -0.114. The van der Waals surface area contributed by atoms with Gasteiger partial charge in [-0.3, -0.25) is 9.59 Å². The predicted molar refractivity (Wildman–Crippen MR) is 65.4 cm³/mol. The van der Waals surface area contributed by atoms with E-state index in [1.807, 2.05) is 6.07 Å². The SMILES string of the molecule is O=C(Cc1ccccc1)C(=O)c1ncccc1O. The average molecular weight is 241 g/mol. The molecule has 4 heteroatoms. The molecule has 90 valence electrons. The topological polar surface area (TPSA) is 67.3 Å². The van der Waals surface area contributed by atoms with Gasteiger partial charge in [0.05, 0.1) is 0 Å². The van der Waals surface area contributed by atoms with E-state index in [1.165, 1.54) is 18.3 Å². The number of nitrogens with zero attached hydrogens (tertiary/aromatic N) is 1. The number of carbonyl (C=O) groups is 2. The summed E-state index contributed by atoms with van der Waals surface area (Å²) in [6, 6.07) is 11.8. The van der Waals surface area contributed by atoms with Gasteiger partial charge < -0.3 is 5.11 Å². The van der Waals surface area contributed by atoms with Crippen molar-refractivity contribution in [2.24, 2.45) is 0 Å². The number of Topliss-reactive ketones (excluding diaryl/α,β-unsaturated/α-hetero) is 2. The summed E-state index contributed by atoms with van der Waals surface area (Å²) in [5.74, 6) is -1.63. The van der Waals surface area contributed by atoms with Crippen LogP contribution in [0.4, 0.5) is 0 Å². The maximum Gasteiger partial charge on any atom is 0.251 e. The highest BCUT2D eigenvalue weighted by atomic mass is 16.3. The second kappa shape index (κ2) is 5.23. The quantitative estimate of drug-likeness (QED) is 0.654. The van der Waals surface area contributed by atoms with Gasteiger partial charge in [0.2, 0.25) is 5.78 Å².